The van der Waals surface area contributed by atoms with E-state index in [0.29, 0.717) is 12.0 Å². The van der Waals surface area contributed by atoms with Crippen LogP contribution in [0.1, 0.15) is 25.0 Å². The van der Waals surface area contributed by atoms with Crippen molar-refractivity contribution in [3.8, 4) is 0 Å². The quantitative estimate of drug-likeness (QED) is 0.566. The highest BCUT2D eigenvalue weighted by Gasteiger charge is 2.12. The second kappa shape index (κ2) is 5.13. The van der Waals surface area contributed by atoms with Crippen molar-refractivity contribution in [3.63, 3.8) is 0 Å². The van der Waals surface area contributed by atoms with Gasteiger partial charge >= 0.3 is 0 Å². The van der Waals surface area contributed by atoms with Crippen molar-refractivity contribution >= 4 is 0 Å². The van der Waals surface area contributed by atoms with Crippen LogP contribution in [0, 0.1) is 12.8 Å². The van der Waals surface area contributed by atoms with E-state index in [-0.39, 0.29) is 0 Å². The van der Waals surface area contributed by atoms with Crippen molar-refractivity contribution in [3.05, 3.63) is 35.4 Å². The molecule has 1 aromatic carbocycles. The van der Waals surface area contributed by atoms with Crippen LogP contribution in [0.25, 0.3) is 0 Å². The van der Waals surface area contributed by atoms with Crippen LogP contribution in [0.2, 0.25) is 0 Å². The molecule has 1 unspecified atom stereocenters. The Bertz CT molecular complexity index is 281. The fourth-order valence-electron chi connectivity index (χ4n) is 1.56. The largest absolute Gasteiger partial charge is 0.271 e. The van der Waals surface area contributed by atoms with Gasteiger partial charge in [0.2, 0.25) is 0 Å². The summed E-state index contributed by atoms with van der Waals surface area (Å²) in [5.41, 5.74) is 5.60. The predicted molar refractivity (Wildman–Crippen MR) is 60.8 cm³/mol. The molecule has 1 aromatic rings. The molecule has 1 atom stereocenters. The van der Waals surface area contributed by atoms with Gasteiger partial charge in [0, 0.05) is 6.04 Å². The first-order chi connectivity index (χ1) is 6.65. The van der Waals surface area contributed by atoms with Crippen molar-refractivity contribution in [1.82, 2.24) is 5.43 Å². The molecule has 0 saturated carbocycles. The average Bonchev–Trinajstić information content (AvgIpc) is 2.16. The summed E-state index contributed by atoms with van der Waals surface area (Å²) in [4.78, 5) is 0. The van der Waals surface area contributed by atoms with Crippen molar-refractivity contribution in [2.45, 2.75) is 33.2 Å². The van der Waals surface area contributed by atoms with E-state index < -0.39 is 0 Å². The first-order valence-electron chi connectivity index (χ1n) is 5.15. The average molecular weight is 192 g/mol. The Balaban J connectivity index is 2.72. The van der Waals surface area contributed by atoms with Gasteiger partial charge in [-0.3, -0.25) is 11.3 Å². The van der Waals surface area contributed by atoms with E-state index in [0.717, 1.165) is 6.42 Å². The monoisotopic (exact) mass is 192 g/mol. The summed E-state index contributed by atoms with van der Waals surface area (Å²) in [6.45, 7) is 6.51. The Morgan fingerprint density at radius 3 is 2.43 bits per heavy atom. The van der Waals surface area contributed by atoms with Gasteiger partial charge in [-0.2, -0.15) is 0 Å². The summed E-state index contributed by atoms with van der Waals surface area (Å²) in [6, 6.07) is 8.82. The minimum absolute atomic E-state index is 0.357. The number of nitrogens with one attached hydrogen (secondary N) is 1. The fourth-order valence-corrected chi connectivity index (χ4v) is 1.56. The van der Waals surface area contributed by atoms with Crippen LogP contribution in [-0.4, -0.2) is 6.04 Å². The first-order valence-corrected chi connectivity index (χ1v) is 5.15. The summed E-state index contributed by atoms with van der Waals surface area (Å²) in [6.07, 6.45) is 1.00. The molecular formula is C12H20N2. The Labute approximate surface area is 86.5 Å². The summed E-state index contributed by atoms with van der Waals surface area (Å²) in [7, 11) is 0. The number of nitrogens with two attached hydrogens (primary N) is 1. The SMILES string of the molecule is Cc1ccccc1CC(NN)C(C)C. The molecule has 0 amide bonds. The van der Waals surface area contributed by atoms with Gasteiger partial charge in [-0.05, 0) is 30.4 Å². The van der Waals surface area contributed by atoms with E-state index in [4.69, 9.17) is 5.84 Å². The second-order valence-electron chi connectivity index (χ2n) is 4.15. The number of hydrogen-bond donors (Lipinski definition) is 2. The van der Waals surface area contributed by atoms with Crippen molar-refractivity contribution in [2.24, 2.45) is 11.8 Å². The predicted octanol–water partition coefficient (Wildman–Crippen LogP) is 2.03. The maximum Gasteiger partial charge on any atom is 0.0273 e. The molecule has 0 heterocycles. The summed E-state index contributed by atoms with van der Waals surface area (Å²) >= 11 is 0. The third-order valence-electron chi connectivity index (χ3n) is 2.72. The molecule has 0 radical (unpaired) electrons. The molecule has 0 aliphatic heterocycles. The third kappa shape index (κ3) is 2.82. The third-order valence-corrected chi connectivity index (χ3v) is 2.72. The van der Waals surface area contributed by atoms with Crippen LogP contribution in [0.4, 0.5) is 0 Å². The molecule has 0 fully saturated rings. The van der Waals surface area contributed by atoms with Crippen LogP contribution in [0.5, 0.6) is 0 Å². The minimum Gasteiger partial charge on any atom is -0.271 e. The Morgan fingerprint density at radius 2 is 1.93 bits per heavy atom. The molecule has 0 aromatic heterocycles. The standard InChI is InChI=1S/C12H20N2/c1-9(2)12(14-13)8-11-7-5-4-6-10(11)3/h4-7,9,12,14H,8,13H2,1-3H3. The van der Waals surface area contributed by atoms with Crippen LogP contribution >= 0.6 is 0 Å². The van der Waals surface area contributed by atoms with Gasteiger partial charge in [-0.25, -0.2) is 0 Å². The van der Waals surface area contributed by atoms with Crippen LogP contribution < -0.4 is 11.3 Å². The molecular weight excluding hydrogens is 172 g/mol. The van der Waals surface area contributed by atoms with Gasteiger partial charge in [0.25, 0.3) is 0 Å². The Hall–Kier alpha value is -0.860. The molecule has 1 rings (SSSR count). The summed E-state index contributed by atoms with van der Waals surface area (Å²) < 4.78 is 0. The molecule has 2 nitrogen and oxygen atoms in total. The smallest absolute Gasteiger partial charge is 0.0273 e. The highest BCUT2D eigenvalue weighted by atomic mass is 15.2. The maximum absolute atomic E-state index is 5.52. The number of hydrazine groups is 1. The van der Waals surface area contributed by atoms with Gasteiger partial charge in [-0.15, -0.1) is 0 Å². The lowest BCUT2D eigenvalue weighted by Crippen LogP contribution is -2.40. The van der Waals surface area contributed by atoms with E-state index in [2.05, 4.69) is 50.5 Å². The van der Waals surface area contributed by atoms with E-state index in [9.17, 15) is 0 Å². The molecule has 2 heteroatoms. The van der Waals surface area contributed by atoms with Gasteiger partial charge in [0.15, 0.2) is 0 Å². The van der Waals surface area contributed by atoms with Gasteiger partial charge in [-0.1, -0.05) is 38.1 Å². The Morgan fingerprint density at radius 1 is 1.29 bits per heavy atom. The van der Waals surface area contributed by atoms with E-state index >= 15 is 0 Å². The van der Waals surface area contributed by atoms with Crippen LogP contribution in [0.3, 0.4) is 0 Å². The lowest BCUT2D eigenvalue weighted by atomic mass is 9.95. The molecule has 3 N–H and O–H groups in total. The second-order valence-corrected chi connectivity index (χ2v) is 4.15. The molecule has 0 saturated heterocycles. The van der Waals surface area contributed by atoms with E-state index in [1.54, 1.807) is 0 Å². The topological polar surface area (TPSA) is 38.0 Å². The number of hydrogen-bond acceptors (Lipinski definition) is 2. The first kappa shape index (κ1) is 11.2. The van der Waals surface area contributed by atoms with Crippen LogP contribution in [-0.2, 0) is 6.42 Å². The molecule has 78 valence electrons. The molecule has 0 aliphatic carbocycles. The van der Waals surface area contributed by atoms with Crippen molar-refractivity contribution in [1.29, 1.82) is 0 Å². The fraction of sp³-hybridized carbons (Fsp3) is 0.500. The minimum atomic E-state index is 0.357. The lowest BCUT2D eigenvalue weighted by Gasteiger charge is -2.20. The molecule has 14 heavy (non-hydrogen) atoms. The molecule has 0 spiro atoms. The van der Waals surface area contributed by atoms with Crippen molar-refractivity contribution < 1.29 is 0 Å². The summed E-state index contributed by atoms with van der Waals surface area (Å²) in [5.74, 6) is 6.08. The van der Waals surface area contributed by atoms with Gasteiger partial charge in [0.05, 0.1) is 0 Å². The van der Waals surface area contributed by atoms with Crippen molar-refractivity contribution in [2.75, 3.05) is 0 Å². The number of rotatable bonds is 4. The maximum atomic E-state index is 5.52. The number of benzene rings is 1. The molecule has 0 aliphatic rings. The normalized spacial score (nSPS) is 13.2. The highest BCUT2D eigenvalue weighted by molar-refractivity contribution is 5.26. The zero-order valence-corrected chi connectivity index (χ0v) is 9.25. The van der Waals surface area contributed by atoms with E-state index in [1.165, 1.54) is 11.1 Å². The zero-order chi connectivity index (χ0) is 10.6. The Kier molecular flexibility index (Phi) is 4.11. The van der Waals surface area contributed by atoms with Gasteiger partial charge in [0.1, 0.15) is 0 Å². The number of aryl methyl sites for hydroxylation is 1. The van der Waals surface area contributed by atoms with Gasteiger partial charge < -0.3 is 0 Å². The molecule has 0 bridgehead atoms. The highest BCUT2D eigenvalue weighted by Crippen LogP contribution is 2.13. The summed E-state index contributed by atoms with van der Waals surface area (Å²) in [5, 5.41) is 0. The van der Waals surface area contributed by atoms with E-state index in [1.807, 2.05) is 0 Å². The zero-order valence-electron chi connectivity index (χ0n) is 9.25. The van der Waals surface area contributed by atoms with Crippen LogP contribution in [0.15, 0.2) is 24.3 Å². The lowest BCUT2D eigenvalue weighted by molar-refractivity contribution is 0.404.